The largest absolute Gasteiger partial charge is 0.545 e. The molecule has 0 aliphatic carbocycles. The van der Waals surface area contributed by atoms with Crippen molar-refractivity contribution in [3.8, 4) is 5.75 Å². The number of hydrogen-bond donors (Lipinski definition) is 2. The Kier molecular flexibility index (Phi) is 6.68. The molecule has 0 fully saturated rings. The highest BCUT2D eigenvalue weighted by Gasteiger charge is 2.09. The van der Waals surface area contributed by atoms with Gasteiger partial charge in [0.25, 0.3) is 5.91 Å². The molecule has 0 aromatic heterocycles. The monoisotopic (exact) mass is 371 g/mol. The molecule has 2 aromatic rings. The highest BCUT2D eigenvalue weighted by Crippen LogP contribution is 2.15. The van der Waals surface area contributed by atoms with E-state index in [9.17, 15) is 14.7 Å². The van der Waals surface area contributed by atoms with Gasteiger partial charge >= 0.3 is 0 Å². The van der Waals surface area contributed by atoms with E-state index in [-0.39, 0.29) is 22.7 Å². The first-order valence-electron chi connectivity index (χ1n) is 8.09. The molecule has 1 amide bonds. The average molecular weight is 371 g/mol. The maximum absolute atomic E-state index is 12.2. The fourth-order valence-corrected chi connectivity index (χ4v) is 2.27. The molecule has 2 N–H and O–H groups in total. The first-order chi connectivity index (χ1) is 12.4. The minimum absolute atomic E-state index is 0.0148. The minimum Gasteiger partial charge on any atom is -0.545 e. The fraction of sp³-hybridized carbons (Fsp3) is 0.211. The van der Waals surface area contributed by atoms with Gasteiger partial charge in [0.05, 0.1) is 12.1 Å². The van der Waals surface area contributed by atoms with E-state index in [1.807, 2.05) is 13.8 Å². The zero-order chi connectivity index (χ0) is 19.1. The van der Waals surface area contributed by atoms with Crippen molar-refractivity contribution in [2.75, 3.05) is 5.32 Å². The first kappa shape index (κ1) is 19.4. The van der Waals surface area contributed by atoms with E-state index in [0.29, 0.717) is 17.0 Å². The Labute approximate surface area is 157 Å². The lowest BCUT2D eigenvalue weighted by molar-refractivity contribution is -0.255. The van der Waals surface area contributed by atoms with Crippen molar-refractivity contribution in [1.29, 1.82) is 0 Å². The van der Waals surface area contributed by atoms with Gasteiger partial charge in [0.1, 0.15) is 5.75 Å². The zero-order valence-corrected chi connectivity index (χ0v) is 15.3. The van der Waals surface area contributed by atoms with Gasteiger partial charge in [-0.05, 0) is 67.5 Å². The number of carboxylic acid groups (broad SMARTS) is 1. The van der Waals surface area contributed by atoms with E-state index in [0.717, 1.165) is 6.42 Å². The number of ether oxygens (including phenoxy) is 1. The lowest BCUT2D eigenvalue weighted by Gasteiger charge is -2.13. The molecular formula is C19H19N2O4S-. The van der Waals surface area contributed by atoms with Crippen molar-refractivity contribution in [3.63, 3.8) is 0 Å². The van der Waals surface area contributed by atoms with Gasteiger partial charge in [-0.25, -0.2) is 0 Å². The van der Waals surface area contributed by atoms with Crippen molar-refractivity contribution in [1.82, 2.24) is 5.32 Å². The van der Waals surface area contributed by atoms with Crippen molar-refractivity contribution in [3.05, 3.63) is 59.7 Å². The number of amides is 1. The summed E-state index contributed by atoms with van der Waals surface area (Å²) in [6.07, 6.45) is 0.990. The van der Waals surface area contributed by atoms with Crippen LogP contribution in [0.3, 0.4) is 0 Å². The van der Waals surface area contributed by atoms with Crippen molar-refractivity contribution < 1.29 is 19.4 Å². The SMILES string of the molecule is CC[C@@H](C)Oc1ccc(C(=O)NC(=S)Nc2cccc(C(=O)[O-])c2)cc1. The van der Waals surface area contributed by atoms with E-state index < -0.39 is 5.97 Å². The van der Waals surface area contributed by atoms with Gasteiger partial charge in [0, 0.05) is 11.3 Å². The maximum atomic E-state index is 12.2. The predicted octanol–water partition coefficient (Wildman–Crippen LogP) is 2.35. The van der Waals surface area contributed by atoms with E-state index in [1.54, 1.807) is 36.4 Å². The normalized spacial score (nSPS) is 11.3. The molecule has 0 saturated carbocycles. The first-order valence-corrected chi connectivity index (χ1v) is 8.50. The summed E-state index contributed by atoms with van der Waals surface area (Å²) in [4.78, 5) is 23.1. The smallest absolute Gasteiger partial charge is 0.257 e. The van der Waals surface area contributed by atoms with Crippen LogP contribution in [0.4, 0.5) is 5.69 Å². The second-order valence-electron chi connectivity index (χ2n) is 5.64. The van der Waals surface area contributed by atoms with Gasteiger partial charge in [0.15, 0.2) is 5.11 Å². The fourth-order valence-electron chi connectivity index (χ4n) is 2.06. The standard InChI is InChI=1S/C19H20N2O4S/c1-3-12(2)25-16-9-7-13(8-10-16)17(22)21-19(26)20-15-6-4-5-14(11-15)18(23)24/h4-12H,3H2,1-2H3,(H,23,24)(H2,20,21,22,26)/p-1/t12-/m1/s1. The average Bonchev–Trinajstić information content (AvgIpc) is 2.62. The van der Waals surface area contributed by atoms with Crippen LogP contribution in [-0.4, -0.2) is 23.1 Å². The van der Waals surface area contributed by atoms with Crippen LogP contribution in [-0.2, 0) is 0 Å². The third-order valence-corrected chi connectivity index (χ3v) is 3.82. The number of carboxylic acids is 1. The van der Waals surface area contributed by atoms with Crippen LogP contribution in [0.1, 0.15) is 41.0 Å². The minimum atomic E-state index is -1.29. The summed E-state index contributed by atoms with van der Waals surface area (Å²) in [7, 11) is 0. The molecule has 6 nitrogen and oxygen atoms in total. The molecule has 0 spiro atoms. The van der Waals surface area contributed by atoms with E-state index in [1.165, 1.54) is 12.1 Å². The van der Waals surface area contributed by atoms with Crippen LogP contribution in [0.2, 0.25) is 0 Å². The quantitative estimate of drug-likeness (QED) is 0.758. The summed E-state index contributed by atoms with van der Waals surface area (Å²) in [5, 5.41) is 16.2. The molecule has 0 radical (unpaired) electrons. The summed E-state index contributed by atoms with van der Waals surface area (Å²) >= 11 is 5.09. The van der Waals surface area contributed by atoms with Crippen LogP contribution in [0.25, 0.3) is 0 Å². The van der Waals surface area contributed by atoms with Crippen LogP contribution in [0, 0.1) is 0 Å². The number of aromatic carboxylic acids is 1. The van der Waals surface area contributed by atoms with Gasteiger partial charge in [-0.2, -0.15) is 0 Å². The molecule has 1 atom stereocenters. The lowest BCUT2D eigenvalue weighted by Crippen LogP contribution is -2.34. The molecule has 7 heteroatoms. The van der Waals surface area contributed by atoms with E-state index >= 15 is 0 Å². The van der Waals surface area contributed by atoms with Crippen LogP contribution >= 0.6 is 12.2 Å². The maximum Gasteiger partial charge on any atom is 0.257 e. The summed E-state index contributed by atoms with van der Waals surface area (Å²) in [5.41, 5.74) is 0.879. The summed E-state index contributed by atoms with van der Waals surface area (Å²) in [6.45, 7) is 4.00. The Morgan fingerprint density at radius 1 is 1.15 bits per heavy atom. The second kappa shape index (κ2) is 8.96. The second-order valence-corrected chi connectivity index (χ2v) is 6.05. The number of anilines is 1. The Bertz CT molecular complexity index is 805. The molecule has 136 valence electrons. The Hall–Kier alpha value is -2.93. The summed E-state index contributed by atoms with van der Waals surface area (Å²) in [5.74, 6) is -0.979. The molecule has 0 heterocycles. The van der Waals surface area contributed by atoms with Gasteiger partial charge in [-0.1, -0.05) is 19.1 Å². The van der Waals surface area contributed by atoms with Gasteiger partial charge in [-0.15, -0.1) is 0 Å². The zero-order valence-electron chi connectivity index (χ0n) is 14.4. The summed E-state index contributed by atoms with van der Waals surface area (Å²) < 4.78 is 5.67. The molecule has 26 heavy (non-hydrogen) atoms. The lowest BCUT2D eigenvalue weighted by atomic mass is 10.2. The number of rotatable bonds is 6. The third-order valence-electron chi connectivity index (χ3n) is 3.61. The van der Waals surface area contributed by atoms with Crippen molar-refractivity contribution in [2.24, 2.45) is 0 Å². The van der Waals surface area contributed by atoms with Crippen LogP contribution in [0.15, 0.2) is 48.5 Å². The molecule has 0 bridgehead atoms. The number of thiocarbonyl (C=S) groups is 1. The van der Waals surface area contributed by atoms with Crippen LogP contribution < -0.4 is 20.5 Å². The highest BCUT2D eigenvalue weighted by molar-refractivity contribution is 7.80. The number of carbonyl (C=O) groups excluding carboxylic acids is 2. The van der Waals surface area contributed by atoms with E-state index in [4.69, 9.17) is 17.0 Å². The molecule has 0 unspecified atom stereocenters. The molecule has 0 aliphatic rings. The number of benzene rings is 2. The number of hydrogen-bond acceptors (Lipinski definition) is 5. The van der Waals surface area contributed by atoms with Crippen LogP contribution in [0.5, 0.6) is 5.75 Å². The van der Waals surface area contributed by atoms with Gasteiger partial charge in [-0.3, -0.25) is 10.1 Å². The molecule has 0 saturated heterocycles. The Morgan fingerprint density at radius 2 is 1.85 bits per heavy atom. The Morgan fingerprint density at radius 3 is 2.46 bits per heavy atom. The highest BCUT2D eigenvalue weighted by atomic mass is 32.1. The van der Waals surface area contributed by atoms with Gasteiger partial charge < -0.3 is 20.0 Å². The summed E-state index contributed by atoms with van der Waals surface area (Å²) in [6, 6.07) is 12.7. The molecule has 2 rings (SSSR count). The van der Waals surface area contributed by atoms with Gasteiger partial charge in [0.2, 0.25) is 0 Å². The van der Waals surface area contributed by atoms with Crippen molar-refractivity contribution in [2.45, 2.75) is 26.4 Å². The molecule has 0 aliphatic heterocycles. The molecular weight excluding hydrogens is 352 g/mol. The van der Waals surface area contributed by atoms with Crippen molar-refractivity contribution >= 4 is 34.9 Å². The Balaban J connectivity index is 1.95. The number of carbonyl (C=O) groups is 2. The topological polar surface area (TPSA) is 90.5 Å². The van der Waals surface area contributed by atoms with E-state index in [2.05, 4.69) is 10.6 Å². The number of nitrogens with one attached hydrogen (secondary N) is 2. The molecule has 2 aromatic carbocycles. The third kappa shape index (κ3) is 5.56. The predicted molar refractivity (Wildman–Crippen MR) is 101 cm³/mol.